The quantitative estimate of drug-likeness (QED) is 0.927. The van der Waals surface area contributed by atoms with Crippen molar-refractivity contribution in [3.05, 3.63) is 29.3 Å². The number of rotatable bonds is 4. The topological polar surface area (TPSA) is 70.1 Å². The summed E-state index contributed by atoms with van der Waals surface area (Å²) in [4.78, 5) is 13.5. The Bertz CT molecular complexity index is 622. The second-order valence-electron chi connectivity index (χ2n) is 6.04. The third-order valence-corrected chi connectivity index (χ3v) is 3.71. The maximum Gasteiger partial charge on any atom is 0.248 e. The number of amides is 1. The molecule has 1 aliphatic rings. The lowest BCUT2D eigenvalue weighted by atomic mass is 9.87. The van der Waals surface area contributed by atoms with Gasteiger partial charge >= 0.3 is 0 Å². The van der Waals surface area contributed by atoms with E-state index in [0.717, 1.165) is 12.1 Å². The predicted octanol–water partition coefficient (Wildman–Crippen LogP) is 2.64. The van der Waals surface area contributed by atoms with Gasteiger partial charge in [0.1, 0.15) is 17.7 Å². The van der Waals surface area contributed by atoms with Crippen LogP contribution in [0.2, 0.25) is 0 Å². The van der Waals surface area contributed by atoms with Crippen molar-refractivity contribution in [1.29, 1.82) is 5.26 Å². The highest BCUT2D eigenvalue weighted by molar-refractivity contribution is 6.04. The van der Waals surface area contributed by atoms with E-state index < -0.39 is 23.6 Å². The fourth-order valence-corrected chi connectivity index (χ4v) is 2.58. The molecule has 2 rings (SSSR count). The molecule has 1 aromatic carbocycles. The van der Waals surface area contributed by atoms with Crippen molar-refractivity contribution in [3.8, 4) is 6.07 Å². The van der Waals surface area contributed by atoms with Crippen LogP contribution in [0.1, 0.15) is 38.3 Å². The van der Waals surface area contributed by atoms with Gasteiger partial charge < -0.3 is 10.6 Å². The molecule has 0 radical (unpaired) electrons. The fraction of sp³-hybridized carbons (Fsp3) is 0.467. The third-order valence-electron chi connectivity index (χ3n) is 3.71. The van der Waals surface area contributed by atoms with Crippen molar-refractivity contribution in [2.75, 3.05) is 11.4 Å². The standard InChI is InChI=1S/C15H17F2N3O/c1-15(2,4-3-5-18)8-20-11-7-9(16)6-10(17)12(11)13(19)14(20)21/h6-7,13H,3-4,8,19H2,1-2H3. The van der Waals surface area contributed by atoms with Gasteiger partial charge in [-0.05, 0) is 17.9 Å². The van der Waals surface area contributed by atoms with E-state index in [-0.39, 0.29) is 23.2 Å². The molecule has 1 aliphatic heterocycles. The summed E-state index contributed by atoms with van der Waals surface area (Å²) in [5.41, 5.74) is 5.62. The number of hydrogen-bond donors (Lipinski definition) is 1. The van der Waals surface area contributed by atoms with Crippen LogP contribution in [0.4, 0.5) is 14.5 Å². The van der Waals surface area contributed by atoms with Gasteiger partial charge in [0.15, 0.2) is 0 Å². The molecule has 1 amide bonds. The maximum atomic E-state index is 13.8. The first-order valence-electron chi connectivity index (χ1n) is 6.70. The Hall–Kier alpha value is -2.00. The maximum absolute atomic E-state index is 13.8. The molecule has 0 spiro atoms. The summed E-state index contributed by atoms with van der Waals surface area (Å²) >= 11 is 0. The summed E-state index contributed by atoms with van der Waals surface area (Å²) in [5.74, 6) is -1.99. The van der Waals surface area contributed by atoms with Gasteiger partial charge in [-0.1, -0.05) is 13.8 Å². The average molecular weight is 293 g/mol. The molecule has 112 valence electrons. The van der Waals surface area contributed by atoms with Crippen LogP contribution in [-0.2, 0) is 4.79 Å². The minimum atomic E-state index is -1.10. The van der Waals surface area contributed by atoms with Gasteiger partial charge in [0.05, 0.1) is 11.8 Å². The molecule has 0 saturated heterocycles. The van der Waals surface area contributed by atoms with Crippen LogP contribution in [0.25, 0.3) is 0 Å². The number of nitriles is 1. The molecular formula is C15H17F2N3O. The highest BCUT2D eigenvalue weighted by atomic mass is 19.1. The van der Waals surface area contributed by atoms with Crippen molar-refractivity contribution in [3.63, 3.8) is 0 Å². The first-order valence-corrected chi connectivity index (χ1v) is 6.70. The summed E-state index contributed by atoms with van der Waals surface area (Å²) in [5, 5.41) is 8.67. The molecule has 0 bridgehead atoms. The summed E-state index contributed by atoms with van der Waals surface area (Å²) in [6.07, 6.45) is 0.932. The van der Waals surface area contributed by atoms with Gasteiger partial charge in [0.25, 0.3) is 0 Å². The van der Waals surface area contributed by atoms with E-state index in [4.69, 9.17) is 11.0 Å². The number of fused-ring (bicyclic) bond motifs is 1. The van der Waals surface area contributed by atoms with Gasteiger partial charge in [-0.15, -0.1) is 0 Å². The molecule has 2 N–H and O–H groups in total. The average Bonchev–Trinajstić information content (AvgIpc) is 2.61. The van der Waals surface area contributed by atoms with Gasteiger partial charge in [-0.3, -0.25) is 4.79 Å². The normalized spacial score (nSPS) is 17.8. The van der Waals surface area contributed by atoms with E-state index in [1.54, 1.807) is 0 Å². The van der Waals surface area contributed by atoms with Gasteiger partial charge in [0, 0.05) is 24.6 Å². The van der Waals surface area contributed by atoms with Crippen molar-refractivity contribution < 1.29 is 13.6 Å². The molecule has 1 unspecified atom stereocenters. The van der Waals surface area contributed by atoms with Crippen LogP contribution in [0.5, 0.6) is 0 Å². The molecule has 6 heteroatoms. The van der Waals surface area contributed by atoms with E-state index in [1.807, 2.05) is 13.8 Å². The zero-order chi connectivity index (χ0) is 15.8. The van der Waals surface area contributed by atoms with Crippen molar-refractivity contribution in [2.24, 2.45) is 11.1 Å². The van der Waals surface area contributed by atoms with E-state index >= 15 is 0 Å². The van der Waals surface area contributed by atoms with Crippen LogP contribution in [0, 0.1) is 28.4 Å². The molecule has 0 fully saturated rings. The molecule has 1 heterocycles. The largest absolute Gasteiger partial charge is 0.316 e. The second-order valence-corrected chi connectivity index (χ2v) is 6.04. The Morgan fingerprint density at radius 1 is 1.43 bits per heavy atom. The SMILES string of the molecule is CC(C)(CCC#N)CN1C(=O)C(N)c2c(F)cc(F)cc21. The van der Waals surface area contributed by atoms with E-state index in [0.29, 0.717) is 12.8 Å². The molecule has 0 aliphatic carbocycles. The van der Waals surface area contributed by atoms with Crippen LogP contribution in [-0.4, -0.2) is 12.5 Å². The Balaban J connectivity index is 2.35. The summed E-state index contributed by atoms with van der Waals surface area (Å²) in [6.45, 7) is 4.06. The third kappa shape index (κ3) is 2.88. The Labute approximate surface area is 122 Å². The lowest BCUT2D eigenvalue weighted by molar-refractivity contribution is -0.119. The predicted molar refractivity (Wildman–Crippen MR) is 74.3 cm³/mol. The zero-order valence-corrected chi connectivity index (χ0v) is 12.0. The van der Waals surface area contributed by atoms with Crippen LogP contribution >= 0.6 is 0 Å². The van der Waals surface area contributed by atoms with Crippen LogP contribution < -0.4 is 10.6 Å². The molecule has 21 heavy (non-hydrogen) atoms. The smallest absolute Gasteiger partial charge is 0.248 e. The van der Waals surface area contributed by atoms with Gasteiger partial charge in [-0.25, -0.2) is 8.78 Å². The molecule has 1 atom stereocenters. The van der Waals surface area contributed by atoms with Crippen molar-refractivity contribution in [2.45, 2.75) is 32.7 Å². The highest BCUT2D eigenvalue weighted by Crippen LogP contribution is 2.39. The second kappa shape index (κ2) is 5.41. The molecule has 0 saturated carbocycles. The van der Waals surface area contributed by atoms with E-state index in [1.165, 1.54) is 4.90 Å². The van der Waals surface area contributed by atoms with Crippen LogP contribution in [0.3, 0.4) is 0 Å². The lowest BCUT2D eigenvalue weighted by Crippen LogP contribution is -2.39. The number of carbonyl (C=O) groups is 1. The summed E-state index contributed by atoms with van der Waals surface area (Å²) in [7, 11) is 0. The van der Waals surface area contributed by atoms with E-state index in [2.05, 4.69) is 6.07 Å². The van der Waals surface area contributed by atoms with Crippen molar-refractivity contribution >= 4 is 11.6 Å². The monoisotopic (exact) mass is 293 g/mol. The summed E-state index contributed by atoms with van der Waals surface area (Å²) < 4.78 is 27.3. The zero-order valence-electron chi connectivity index (χ0n) is 12.0. The number of carbonyl (C=O) groups excluding carboxylic acids is 1. The Morgan fingerprint density at radius 2 is 2.10 bits per heavy atom. The van der Waals surface area contributed by atoms with Gasteiger partial charge in [-0.2, -0.15) is 5.26 Å². The highest BCUT2D eigenvalue weighted by Gasteiger charge is 2.39. The van der Waals surface area contributed by atoms with Gasteiger partial charge in [0.2, 0.25) is 5.91 Å². The number of anilines is 1. The molecule has 0 aromatic heterocycles. The molecule has 1 aromatic rings. The first kappa shape index (κ1) is 15.4. The molecular weight excluding hydrogens is 276 g/mol. The van der Waals surface area contributed by atoms with Crippen molar-refractivity contribution in [1.82, 2.24) is 0 Å². The van der Waals surface area contributed by atoms with Crippen LogP contribution in [0.15, 0.2) is 12.1 Å². The first-order chi connectivity index (χ1) is 9.76. The minimum Gasteiger partial charge on any atom is -0.316 e. The Kier molecular flexibility index (Phi) is 3.97. The number of benzene rings is 1. The number of nitrogens with two attached hydrogens (primary N) is 1. The number of hydrogen-bond acceptors (Lipinski definition) is 3. The number of halogens is 2. The minimum absolute atomic E-state index is 0.0393. The Morgan fingerprint density at radius 3 is 2.71 bits per heavy atom. The van der Waals surface area contributed by atoms with E-state index in [9.17, 15) is 13.6 Å². The fourth-order valence-electron chi connectivity index (χ4n) is 2.58. The number of nitrogens with zero attached hydrogens (tertiary/aromatic N) is 2. The lowest BCUT2D eigenvalue weighted by Gasteiger charge is -2.30. The summed E-state index contributed by atoms with van der Waals surface area (Å²) in [6, 6.07) is 2.81. The molecule has 4 nitrogen and oxygen atoms in total.